The number of hydrogen-bond acceptors (Lipinski definition) is 13. The lowest BCUT2D eigenvalue weighted by atomic mass is 9.99. The minimum atomic E-state index is -0.495. The van der Waals surface area contributed by atoms with Gasteiger partial charge in [0.25, 0.3) is 0 Å². The van der Waals surface area contributed by atoms with Gasteiger partial charge in [0.15, 0.2) is 10.9 Å². The van der Waals surface area contributed by atoms with Crippen LogP contribution in [0.4, 0.5) is 25.9 Å². The van der Waals surface area contributed by atoms with Gasteiger partial charge < -0.3 is 21.1 Å². The predicted octanol–water partition coefficient (Wildman–Crippen LogP) is 4.92. The standard InChI is InChI=1S/C22H20N6O3S2.C2H3N3S/c1-13-7-8-17(16(9-13)19(29)15-5-3-4-6-18(15)31-2)26-20(30)27-21-23-10-14(33-21)11-24-22-28-25-12-32-22;3-2-5-4-1-6-2/h3-10,12H,11H2,1-2H3,(H,24,28)(H2,23,26,27,30);1H,(H2,3,5). The molecule has 2 aromatic carbocycles. The van der Waals surface area contributed by atoms with Crippen molar-refractivity contribution in [3.63, 3.8) is 0 Å². The third kappa shape index (κ3) is 7.76. The molecule has 0 saturated heterocycles. The highest BCUT2D eigenvalue weighted by molar-refractivity contribution is 7.15. The van der Waals surface area contributed by atoms with Gasteiger partial charge in [0, 0.05) is 16.6 Å². The largest absolute Gasteiger partial charge is 0.496 e. The van der Waals surface area contributed by atoms with Crippen LogP contribution in [0.25, 0.3) is 0 Å². The number of anilines is 4. The Hall–Kier alpha value is -4.47. The molecule has 5 rings (SSSR count). The molecule has 3 heterocycles. The van der Waals surface area contributed by atoms with Crippen LogP contribution < -0.4 is 26.4 Å². The number of para-hydroxylation sites is 1. The van der Waals surface area contributed by atoms with Crippen LogP contribution >= 0.6 is 34.0 Å². The maximum atomic E-state index is 13.2. The van der Waals surface area contributed by atoms with Crippen molar-refractivity contribution in [2.24, 2.45) is 0 Å². The van der Waals surface area contributed by atoms with Crippen LogP contribution in [0.2, 0.25) is 0 Å². The maximum absolute atomic E-state index is 13.2. The number of thiazole rings is 1. The molecule has 0 aliphatic carbocycles. The van der Waals surface area contributed by atoms with E-state index in [0.29, 0.717) is 44.5 Å². The van der Waals surface area contributed by atoms with Crippen LogP contribution in [-0.4, -0.2) is 44.3 Å². The Morgan fingerprint density at radius 1 is 0.974 bits per heavy atom. The fraction of sp³-hybridized carbons (Fsp3) is 0.125. The quantitative estimate of drug-likeness (QED) is 0.184. The highest BCUT2D eigenvalue weighted by atomic mass is 32.1. The second-order valence-electron chi connectivity index (χ2n) is 7.66. The van der Waals surface area contributed by atoms with Crippen LogP contribution in [-0.2, 0) is 6.54 Å². The first-order valence-corrected chi connectivity index (χ1v) is 13.8. The van der Waals surface area contributed by atoms with E-state index in [1.54, 1.807) is 53.6 Å². The summed E-state index contributed by atoms with van der Waals surface area (Å²) in [5, 5.41) is 24.9. The number of rotatable bonds is 8. The number of methoxy groups -OCH3 is 1. The van der Waals surface area contributed by atoms with E-state index in [0.717, 1.165) is 10.4 Å². The smallest absolute Gasteiger partial charge is 0.325 e. The molecular weight excluding hydrogens is 559 g/mol. The number of carbonyl (C=O) groups excluding carboxylic acids is 2. The molecule has 5 N–H and O–H groups in total. The Morgan fingerprint density at radius 3 is 2.46 bits per heavy atom. The first-order chi connectivity index (χ1) is 18.9. The van der Waals surface area contributed by atoms with E-state index in [-0.39, 0.29) is 5.78 Å². The third-order valence-corrected chi connectivity index (χ3v) is 7.03. The molecule has 39 heavy (non-hydrogen) atoms. The molecule has 0 saturated carbocycles. The lowest BCUT2D eigenvalue weighted by Gasteiger charge is -2.13. The number of hydrogen-bond donors (Lipinski definition) is 4. The molecule has 5 aromatic rings. The number of nitrogens with one attached hydrogen (secondary N) is 3. The number of ketones is 1. The minimum absolute atomic E-state index is 0.245. The fourth-order valence-electron chi connectivity index (χ4n) is 3.22. The van der Waals surface area contributed by atoms with Crippen LogP contribution in [0.1, 0.15) is 26.4 Å². The first kappa shape index (κ1) is 27.6. The monoisotopic (exact) mass is 581 g/mol. The highest BCUT2D eigenvalue weighted by Crippen LogP contribution is 2.27. The van der Waals surface area contributed by atoms with Gasteiger partial charge in [-0.25, -0.2) is 9.78 Å². The molecule has 3 aromatic heterocycles. The molecule has 15 heteroatoms. The van der Waals surface area contributed by atoms with Crippen molar-refractivity contribution in [1.29, 1.82) is 0 Å². The minimum Gasteiger partial charge on any atom is -0.496 e. The Labute approximate surface area is 235 Å². The second-order valence-corrected chi connectivity index (χ2v) is 10.5. The van der Waals surface area contributed by atoms with E-state index in [4.69, 9.17) is 10.5 Å². The fourth-order valence-corrected chi connectivity index (χ4v) is 4.71. The van der Waals surface area contributed by atoms with Crippen molar-refractivity contribution in [3.05, 3.63) is 81.2 Å². The number of aromatic nitrogens is 5. The number of amides is 2. The zero-order valence-electron chi connectivity index (χ0n) is 20.7. The summed E-state index contributed by atoms with van der Waals surface area (Å²) in [4.78, 5) is 31.0. The van der Waals surface area contributed by atoms with Gasteiger partial charge >= 0.3 is 6.03 Å². The Bertz CT molecular complexity index is 1520. The predicted molar refractivity (Wildman–Crippen MR) is 154 cm³/mol. The van der Waals surface area contributed by atoms with Gasteiger partial charge in [-0.05, 0) is 31.2 Å². The lowest BCUT2D eigenvalue weighted by molar-refractivity contribution is 0.103. The van der Waals surface area contributed by atoms with Gasteiger partial charge in [0.05, 0.1) is 24.9 Å². The number of carbonyl (C=O) groups is 2. The number of aryl methyl sites for hydroxylation is 1. The van der Waals surface area contributed by atoms with E-state index in [9.17, 15) is 9.59 Å². The molecule has 0 aliphatic heterocycles. The van der Waals surface area contributed by atoms with Crippen molar-refractivity contribution >= 4 is 66.9 Å². The molecule has 0 bridgehead atoms. The Morgan fingerprint density at radius 2 is 1.77 bits per heavy atom. The number of benzene rings is 2. The normalized spacial score (nSPS) is 10.2. The molecule has 0 atom stereocenters. The van der Waals surface area contributed by atoms with Crippen molar-refractivity contribution in [2.45, 2.75) is 13.5 Å². The van der Waals surface area contributed by atoms with E-state index >= 15 is 0 Å². The first-order valence-electron chi connectivity index (χ1n) is 11.3. The summed E-state index contributed by atoms with van der Waals surface area (Å²) in [5.74, 6) is 0.225. The van der Waals surface area contributed by atoms with Crippen LogP contribution in [0.15, 0.2) is 59.7 Å². The maximum Gasteiger partial charge on any atom is 0.325 e. The van der Waals surface area contributed by atoms with Crippen LogP contribution in [0.5, 0.6) is 5.75 Å². The summed E-state index contributed by atoms with van der Waals surface area (Å²) in [5.41, 5.74) is 10.4. The summed E-state index contributed by atoms with van der Waals surface area (Å²) in [6.45, 7) is 2.40. The molecule has 12 nitrogen and oxygen atoms in total. The van der Waals surface area contributed by atoms with Crippen LogP contribution in [0, 0.1) is 6.92 Å². The molecule has 0 fully saturated rings. The van der Waals surface area contributed by atoms with Crippen molar-refractivity contribution in [1.82, 2.24) is 25.4 Å². The molecule has 0 radical (unpaired) electrons. The summed E-state index contributed by atoms with van der Waals surface area (Å²) >= 11 is 4.07. The summed E-state index contributed by atoms with van der Waals surface area (Å²) in [6.07, 6.45) is 1.68. The van der Waals surface area contributed by atoms with Crippen molar-refractivity contribution in [3.8, 4) is 5.75 Å². The molecule has 2 amide bonds. The molecular formula is C24H23N9O3S3. The highest BCUT2D eigenvalue weighted by Gasteiger charge is 2.19. The number of nitrogens with two attached hydrogens (primary N) is 1. The molecule has 0 unspecified atom stereocenters. The van der Waals surface area contributed by atoms with E-state index in [1.165, 1.54) is 41.1 Å². The average Bonchev–Trinajstić information content (AvgIpc) is 3.72. The van der Waals surface area contributed by atoms with E-state index in [1.807, 2.05) is 13.0 Å². The van der Waals surface area contributed by atoms with E-state index < -0.39 is 6.03 Å². The molecule has 0 aliphatic rings. The number of nitrogen functional groups attached to an aromatic ring is 1. The number of urea groups is 1. The van der Waals surface area contributed by atoms with Crippen LogP contribution in [0.3, 0.4) is 0 Å². The SMILES string of the molecule is COc1ccccc1C(=O)c1cc(C)ccc1NC(=O)Nc1ncc(CNc2nncs2)s1.Nc1nncs1. The Kier molecular flexibility index (Phi) is 9.44. The van der Waals surface area contributed by atoms with Crippen molar-refractivity contribution in [2.75, 3.05) is 28.8 Å². The summed E-state index contributed by atoms with van der Waals surface area (Å²) < 4.78 is 5.32. The zero-order chi connectivity index (χ0) is 27.6. The summed E-state index contributed by atoms with van der Waals surface area (Å²) in [6, 6.07) is 11.8. The van der Waals surface area contributed by atoms with Crippen molar-refractivity contribution < 1.29 is 14.3 Å². The lowest BCUT2D eigenvalue weighted by Crippen LogP contribution is -2.21. The second kappa shape index (κ2) is 13.4. The van der Waals surface area contributed by atoms with Gasteiger partial charge in [-0.15, -0.1) is 20.4 Å². The number of ether oxygens (including phenoxy) is 1. The Balaban J connectivity index is 0.000000519. The summed E-state index contributed by atoms with van der Waals surface area (Å²) in [7, 11) is 1.51. The van der Waals surface area contributed by atoms with Gasteiger partial charge in [0.1, 0.15) is 16.8 Å². The van der Waals surface area contributed by atoms with Gasteiger partial charge in [-0.2, -0.15) is 0 Å². The van der Waals surface area contributed by atoms with E-state index in [2.05, 4.69) is 41.3 Å². The van der Waals surface area contributed by atoms with Gasteiger partial charge in [-0.3, -0.25) is 10.1 Å². The van der Waals surface area contributed by atoms with Gasteiger partial charge in [-0.1, -0.05) is 57.8 Å². The molecule has 0 spiro atoms. The number of nitrogens with zero attached hydrogens (tertiary/aromatic N) is 5. The van der Waals surface area contributed by atoms with Gasteiger partial charge in [0.2, 0.25) is 10.3 Å². The average molecular weight is 582 g/mol. The third-order valence-electron chi connectivity index (χ3n) is 4.94. The topological polar surface area (TPSA) is 170 Å². The molecule has 200 valence electrons. The zero-order valence-corrected chi connectivity index (χ0v) is 23.2.